The standard InChI is InChI=1S/C15H21FN2O.ClH/c16-13-6-4-5-12(11-13)7-10-18-14(19)15(17)8-2-1-3-9-15;/h4-6,11H,1-3,7-10,17H2,(H,18,19);1H. The summed E-state index contributed by atoms with van der Waals surface area (Å²) in [6, 6.07) is 6.44. The van der Waals surface area contributed by atoms with Gasteiger partial charge in [0.05, 0.1) is 5.54 Å². The maximum Gasteiger partial charge on any atom is 0.240 e. The molecule has 3 N–H and O–H groups in total. The molecule has 0 heterocycles. The fourth-order valence-corrected chi connectivity index (χ4v) is 2.60. The second-order valence-electron chi connectivity index (χ2n) is 5.35. The Morgan fingerprint density at radius 3 is 2.65 bits per heavy atom. The second kappa shape index (κ2) is 7.60. The Balaban J connectivity index is 0.00000200. The Labute approximate surface area is 125 Å². The van der Waals surface area contributed by atoms with Gasteiger partial charge in [-0.3, -0.25) is 4.79 Å². The van der Waals surface area contributed by atoms with E-state index in [0.717, 1.165) is 37.7 Å². The van der Waals surface area contributed by atoms with Crippen LogP contribution in [0.15, 0.2) is 24.3 Å². The van der Waals surface area contributed by atoms with E-state index >= 15 is 0 Å². The summed E-state index contributed by atoms with van der Waals surface area (Å²) in [5.74, 6) is -0.310. The number of hydrogen-bond donors (Lipinski definition) is 2. The zero-order chi connectivity index (χ0) is 13.7. The summed E-state index contributed by atoms with van der Waals surface area (Å²) in [4.78, 5) is 12.1. The molecule has 1 fully saturated rings. The van der Waals surface area contributed by atoms with Gasteiger partial charge in [-0.05, 0) is 37.0 Å². The highest BCUT2D eigenvalue weighted by Gasteiger charge is 2.34. The zero-order valence-corrected chi connectivity index (χ0v) is 12.3. The van der Waals surface area contributed by atoms with E-state index in [4.69, 9.17) is 5.73 Å². The molecule has 0 spiro atoms. The van der Waals surface area contributed by atoms with Crippen LogP contribution in [0, 0.1) is 5.82 Å². The third-order valence-electron chi connectivity index (χ3n) is 3.79. The molecule has 0 bridgehead atoms. The first-order valence-corrected chi connectivity index (χ1v) is 6.92. The largest absolute Gasteiger partial charge is 0.354 e. The molecule has 1 aromatic carbocycles. The van der Waals surface area contributed by atoms with Gasteiger partial charge in [0.25, 0.3) is 0 Å². The van der Waals surface area contributed by atoms with Crippen molar-refractivity contribution in [1.82, 2.24) is 5.32 Å². The number of nitrogens with two attached hydrogens (primary N) is 1. The van der Waals surface area contributed by atoms with Crippen LogP contribution in [0.4, 0.5) is 4.39 Å². The molecule has 0 atom stereocenters. The number of halogens is 2. The van der Waals surface area contributed by atoms with Crippen molar-refractivity contribution in [3.63, 3.8) is 0 Å². The maximum atomic E-state index is 13.0. The van der Waals surface area contributed by atoms with Crippen molar-refractivity contribution >= 4 is 18.3 Å². The fourth-order valence-electron chi connectivity index (χ4n) is 2.60. The lowest BCUT2D eigenvalue weighted by Gasteiger charge is -2.31. The predicted octanol–water partition coefficient (Wildman–Crippen LogP) is 2.57. The van der Waals surface area contributed by atoms with Crippen LogP contribution in [0.3, 0.4) is 0 Å². The van der Waals surface area contributed by atoms with Gasteiger partial charge in [0.1, 0.15) is 5.82 Å². The molecule has 0 aromatic heterocycles. The van der Waals surface area contributed by atoms with Crippen LogP contribution in [-0.2, 0) is 11.2 Å². The van der Waals surface area contributed by atoms with Crippen LogP contribution in [0.25, 0.3) is 0 Å². The summed E-state index contributed by atoms with van der Waals surface area (Å²) in [6.07, 6.45) is 5.36. The number of carbonyl (C=O) groups is 1. The first kappa shape index (κ1) is 16.9. The molecule has 0 aliphatic heterocycles. The minimum Gasteiger partial charge on any atom is -0.354 e. The average Bonchev–Trinajstić information content (AvgIpc) is 2.39. The Morgan fingerprint density at radius 1 is 1.30 bits per heavy atom. The molecule has 112 valence electrons. The van der Waals surface area contributed by atoms with Crippen molar-refractivity contribution < 1.29 is 9.18 Å². The lowest BCUT2D eigenvalue weighted by atomic mass is 9.82. The monoisotopic (exact) mass is 300 g/mol. The van der Waals surface area contributed by atoms with Crippen LogP contribution in [0.2, 0.25) is 0 Å². The fraction of sp³-hybridized carbons (Fsp3) is 0.533. The van der Waals surface area contributed by atoms with Crippen LogP contribution in [0.1, 0.15) is 37.7 Å². The van der Waals surface area contributed by atoms with E-state index in [2.05, 4.69) is 5.32 Å². The predicted molar refractivity (Wildman–Crippen MR) is 80.4 cm³/mol. The number of nitrogens with one attached hydrogen (secondary N) is 1. The highest BCUT2D eigenvalue weighted by Crippen LogP contribution is 2.25. The summed E-state index contributed by atoms with van der Waals surface area (Å²) in [7, 11) is 0. The second-order valence-corrected chi connectivity index (χ2v) is 5.35. The number of amides is 1. The van der Waals surface area contributed by atoms with Gasteiger partial charge in [-0.2, -0.15) is 0 Å². The lowest BCUT2D eigenvalue weighted by molar-refractivity contribution is -0.127. The smallest absolute Gasteiger partial charge is 0.240 e. The molecule has 3 nitrogen and oxygen atoms in total. The quantitative estimate of drug-likeness (QED) is 0.898. The average molecular weight is 301 g/mol. The van der Waals surface area contributed by atoms with Gasteiger partial charge in [0.15, 0.2) is 0 Å². The van der Waals surface area contributed by atoms with Gasteiger partial charge in [0, 0.05) is 6.54 Å². The Kier molecular flexibility index (Phi) is 6.43. The zero-order valence-electron chi connectivity index (χ0n) is 11.5. The van der Waals surface area contributed by atoms with Crippen LogP contribution in [-0.4, -0.2) is 18.0 Å². The van der Waals surface area contributed by atoms with E-state index in [1.54, 1.807) is 6.07 Å². The third kappa shape index (κ3) is 4.46. The van der Waals surface area contributed by atoms with E-state index in [1.165, 1.54) is 12.1 Å². The van der Waals surface area contributed by atoms with Crippen molar-refractivity contribution in [3.8, 4) is 0 Å². The summed E-state index contributed by atoms with van der Waals surface area (Å²) in [5, 5.41) is 2.87. The molecule has 1 aromatic rings. The van der Waals surface area contributed by atoms with Crippen LogP contribution in [0.5, 0.6) is 0 Å². The van der Waals surface area contributed by atoms with E-state index in [-0.39, 0.29) is 24.1 Å². The van der Waals surface area contributed by atoms with E-state index < -0.39 is 5.54 Å². The van der Waals surface area contributed by atoms with E-state index in [9.17, 15) is 9.18 Å². The number of carbonyl (C=O) groups excluding carboxylic acids is 1. The molecule has 0 radical (unpaired) electrons. The Hall–Kier alpha value is -1.13. The van der Waals surface area contributed by atoms with Crippen molar-refractivity contribution in [3.05, 3.63) is 35.6 Å². The first-order valence-electron chi connectivity index (χ1n) is 6.92. The summed E-state index contributed by atoms with van der Waals surface area (Å²) in [5.41, 5.74) is 6.32. The molecular formula is C15H22ClFN2O. The van der Waals surface area contributed by atoms with E-state index in [1.807, 2.05) is 6.07 Å². The number of hydrogen-bond acceptors (Lipinski definition) is 2. The molecule has 5 heteroatoms. The van der Waals surface area contributed by atoms with Gasteiger partial charge in [-0.25, -0.2) is 4.39 Å². The third-order valence-corrected chi connectivity index (χ3v) is 3.79. The molecule has 1 aliphatic rings. The molecule has 2 rings (SSSR count). The van der Waals surface area contributed by atoms with Crippen molar-refractivity contribution in [2.24, 2.45) is 5.73 Å². The first-order chi connectivity index (χ1) is 9.10. The normalized spacial score (nSPS) is 17.1. The Bertz CT molecular complexity index is 447. The Morgan fingerprint density at radius 2 is 2.00 bits per heavy atom. The number of rotatable bonds is 4. The highest BCUT2D eigenvalue weighted by molar-refractivity contribution is 5.86. The van der Waals surface area contributed by atoms with Gasteiger partial charge in [0.2, 0.25) is 5.91 Å². The molecule has 1 amide bonds. The van der Waals surface area contributed by atoms with Crippen molar-refractivity contribution in [2.75, 3.05) is 6.54 Å². The van der Waals surface area contributed by atoms with Gasteiger partial charge >= 0.3 is 0 Å². The number of benzene rings is 1. The molecular weight excluding hydrogens is 279 g/mol. The van der Waals surface area contributed by atoms with Crippen LogP contribution >= 0.6 is 12.4 Å². The SMILES string of the molecule is Cl.NC1(C(=O)NCCc2cccc(F)c2)CCCCC1. The minimum atomic E-state index is -0.694. The topological polar surface area (TPSA) is 55.1 Å². The molecule has 1 aliphatic carbocycles. The van der Waals surface area contributed by atoms with Crippen LogP contribution < -0.4 is 11.1 Å². The molecule has 0 unspecified atom stereocenters. The van der Waals surface area contributed by atoms with Crippen molar-refractivity contribution in [2.45, 2.75) is 44.1 Å². The molecule has 0 saturated heterocycles. The lowest BCUT2D eigenvalue weighted by Crippen LogP contribution is -2.55. The summed E-state index contributed by atoms with van der Waals surface area (Å²) < 4.78 is 13.0. The highest BCUT2D eigenvalue weighted by atomic mass is 35.5. The molecule has 1 saturated carbocycles. The summed E-state index contributed by atoms with van der Waals surface area (Å²) in [6.45, 7) is 0.501. The van der Waals surface area contributed by atoms with Gasteiger partial charge in [-0.1, -0.05) is 31.4 Å². The maximum absolute atomic E-state index is 13.0. The minimum absolute atomic E-state index is 0. The van der Waals surface area contributed by atoms with E-state index in [0.29, 0.717) is 13.0 Å². The van der Waals surface area contributed by atoms with Crippen molar-refractivity contribution in [1.29, 1.82) is 0 Å². The molecule has 20 heavy (non-hydrogen) atoms. The summed E-state index contributed by atoms with van der Waals surface area (Å²) >= 11 is 0. The van der Waals surface area contributed by atoms with Gasteiger partial charge < -0.3 is 11.1 Å². The van der Waals surface area contributed by atoms with Gasteiger partial charge in [-0.15, -0.1) is 12.4 Å².